The number of hydrogen-bond donors (Lipinski definition) is 0. The maximum atomic E-state index is 5.84. The van der Waals surface area contributed by atoms with Gasteiger partial charge < -0.3 is 0 Å². The summed E-state index contributed by atoms with van der Waals surface area (Å²) in [4.78, 5) is 2.56. The summed E-state index contributed by atoms with van der Waals surface area (Å²) in [7, 11) is 0. The van der Waals surface area contributed by atoms with Crippen molar-refractivity contribution < 1.29 is 0 Å². The van der Waals surface area contributed by atoms with Gasteiger partial charge in [-0.1, -0.05) is 23.7 Å². The predicted molar refractivity (Wildman–Crippen MR) is 58.3 cm³/mol. The summed E-state index contributed by atoms with van der Waals surface area (Å²) in [6, 6.07) is 8.22. The summed E-state index contributed by atoms with van der Waals surface area (Å²) < 4.78 is 0. The zero-order chi connectivity index (χ0) is 9.54. The van der Waals surface area contributed by atoms with Crippen molar-refractivity contribution in [1.29, 1.82) is 0 Å². The molecule has 0 bridgehead atoms. The first-order valence-corrected chi connectivity index (χ1v) is 5.66. The minimum atomic E-state index is 0.831. The fraction of sp³-hybridized carbons (Fsp3) is 0.500. The summed E-state index contributed by atoms with van der Waals surface area (Å²) >= 11 is 5.84. The van der Waals surface area contributed by atoms with E-state index in [4.69, 9.17) is 11.6 Å². The SMILES string of the molecule is Clc1ccc(CN2CC3CC3C2)cc1. The first kappa shape index (κ1) is 8.75. The molecule has 3 rings (SSSR count). The molecule has 0 aromatic heterocycles. The molecule has 0 spiro atoms. The fourth-order valence-electron chi connectivity index (χ4n) is 2.47. The van der Waals surface area contributed by atoms with E-state index in [2.05, 4.69) is 17.0 Å². The van der Waals surface area contributed by atoms with Crippen molar-refractivity contribution in [2.75, 3.05) is 13.1 Å². The van der Waals surface area contributed by atoms with Gasteiger partial charge in [0, 0.05) is 24.7 Å². The Morgan fingerprint density at radius 1 is 1.14 bits per heavy atom. The Hall–Kier alpha value is -0.530. The maximum absolute atomic E-state index is 5.84. The van der Waals surface area contributed by atoms with Crippen LogP contribution in [0.2, 0.25) is 5.02 Å². The van der Waals surface area contributed by atoms with E-state index in [1.54, 1.807) is 0 Å². The van der Waals surface area contributed by atoms with Gasteiger partial charge in [-0.05, 0) is 36.0 Å². The number of benzene rings is 1. The number of piperidine rings is 1. The average Bonchev–Trinajstić information content (AvgIpc) is 2.79. The molecule has 1 nitrogen and oxygen atoms in total. The van der Waals surface area contributed by atoms with E-state index in [9.17, 15) is 0 Å². The van der Waals surface area contributed by atoms with E-state index >= 15 is 0 Å². The van der Waals surface area contributed by atoms with Crippen LogP contribution in [-0.2, 0) is 6.54 Å². The minimum Gasteiger partial charge on any atom is -0.299 e. The molecule has 14 heavy (non-hydrogen) atoms. The topological polar surface area (TPSA) is 3.24 Å². The molecular weight excluding hydrogens is 194 g/mol. The van der Waals surface area contributed by atoms with Gasteiger partial charge in [-0.25, -0.2) is 0 Å². The average molecular weight is 208 g/mol. The Morgan fingerprint density at radius 3 is 2.43 bits per heavy atom. The molecule has 0 radical (unpaired) electrons. The molecule has 1 aromatic rings. The molecule has 1 heterocycles. The predicted octanol–water partition coefficient (Wildman–Crippen LogP) is 2.79. The number of nitrogens with zero attached hydrogens (tertiary/aromatic N) is 1. The van der Waals surface area contributed by atoms with Gasteiger partial charge in [0.2, 0.25) is 0 Å². The molecule has 1 aliphatic carbocycles. The molecule has 2 unspecified atom stereocenters. The summed E-state index contributed by atoms with van der Waals surface area (Å²) in [6.07, 6.45) is 1.48. The maximum Gasteiger partial charge on any atom is 0.0406 e. The quantitative estimate of drug-likeness (QED) is 0.721. The Balaban J connectivity index is 1.64. The number of halogens is 1. The normalized spacial score (nSPS) is 30.4. The van der Waals surface area contributed by atoms with Crippen molar-refractivity contribution in [3.63, 3.8) is 0 Å². The molecule has 0 N–H and O–H groups in total. The number of rotatable bonds is 2. The van der Waals surface area contributed by atoms with Gasteiger partial charge in [0.05, 0.1) is 0 Å². The van der Waals surface area contributed by atoms with E-state index in [0.29, 0.717) is 0 Å². The van der Waals surface area contributed by atoms with Gasteiger partial charge in [-0.15, -0.1) is 0 Å². The summed E-state index contributed by atoms with van der Waals surface area (Å²) in [6.45, 7) is 3.73. The number of likely N-dealkylation sites (tertiary alicyclic amines) is 1. The lowest BCUT2D eigenvalue weighted by Crippen LogP contribution is -2.21. The van der Waals surface area contributed by atoms with E-state index in [1.807, 2.05) is 12.1 Å². The molecule has 2 fully saturated rings. The van der Waals surface area contributed by atoms with Crippen LogP contribution in [0.1, 0.15) is 12.0 Å². The Labute approximate surface area is 89.7 Å². The molecule has 2 aliphatic rings. The van der Waals surface area contributed by atoms with Crippen LogP contribution in [-0.4, -0.2) is 18.0 Å². The second-order valence-electron chi connectivity index (χ2n) is 4.58. The van der Waals surface area contributed by atoms with Crippen molar-refractivity contribution in [1.82, 2.24) is 4.90 Å². The van der Waals surface area contributed by atoms with Crippen LogP contribution < -0.4 is 0 Å². The van der Waals surface area contributed by atoms with Crippen LogP contribution in [0.25, 0.3) is 0 Å². The molecule has 1 saturated carbocycles. The fourth-order valence-corrected chi connectivity index (χ4v) is 2.60. The van der Waals surface area contributed by atoms with E-state index in [1.165, 1.54) is 25.1 Å². The lowest BCUT2D eigenvalue weighted by atomic mass is 10.2. The molecule has 1 aliphatic heterocycles. The number of hydrogen-bond acceptors (Lipinski definition) is 1. The van der Waals surface area contributed by atoms with E-state index in [0.717, 1.165) is 23.4 Å². The standard InChI is InChI=1S/C12H14ClN/c13-12-3-1-9(2-4-12)6-14-7-10-5-11(10)8-14/h1-4,10-11H,5-8H2. The molecule has 2 atom stereocenters. The molecule has 2 heteroatoms. The van der Waals surface area contributed by atoms with Crippen LogP contribution in [0.5, 0.6) is 0 Å². The van der Waals surface area contributed by atoms with Crippen molar-refractivity contribution in [3.05, 3.63) is 34.9 Å². The molecule has 74 valence electrons. The zero-order valence-electron chi connectivity index (χ0n) is 8.12. The highest BCUT2D eigenvalue weighted by molar-refractivity contribution is 6.30. The third kappa shape index (κ3) is 1.67. The zero-order valence-corrected chi connectivity index (χ0v) is 8.87. The van der Waals surface area contributed by atoms with Gasteiger partial charge in [0.25, 0.3) is 0 Å². The van der Waals surface area contributed by atoms with Crippen LogP contribution in [0.3, 0.4) is 0 Å². The molecule has 1 aromatic carbocycles. The Morgan fingerprint density at radius 2 is 1.79 bits per heavy atom. The van der Waals surface area contributed by atoms with Crippen molar-refractivity contribution in [2.45, 2.75) is 13.0 Å². The smallest absolute Gasteiger partial charge is 0.0406 e. The summed E-state index contributed by atoms with van der Waals surface area (Å²) in [5.74, 6) is 2.06. The second kappa shape index (κ2) is 3.25. The van der Waals surface area contributed by atoms with Crippen molar-refractivity contribution >= 4 is 11.6 Å². The van der Waals surface area contributed by atoms with Gasteiger partial charge in [0.1, 0.15) is 0 Å². The third-order valence-corrected chi connectivity index (χ3v) is 3.63. The highest BCUT2D eigenvalue weighted by Gasteiger charge is 2.44. The first-order chi connectivity index (χ1) is 6.81. The van der Waals surface area contributed by atoms with Gasteiger partial charge in [0.15, 0.2) is 0 Å². The highest BCUT2D eigenvalue weighted by Crippen LogP contribution is 2.45. The third-order valence-electron chi connectivity index (χ3n) is 3.37. The summed E-state index contributed by atoms with van der Waals surface area (Å²) in [5, 5.41) is 0.831. The van der Waals surface area contributed by atoms with Crippen LogP contribution in [0, 0.1) is 11.8 Å². The molecular formula is C12H14ClN. The highest BCUT2D eigenvalue weighted by atomic mass is 35.5. The van der Waals surface area contributed by atoms with Crippen LogP contribution in [0.15, 0.2) is 24.3 Å². The Bertz CT molecular complexity index is 323. The van der Waals surface area contributed by atoms with Crippen molar-refractivity contribution in [3.8, 4) is 0 Å². The van der Waals surface area contributed by atoms with Crippen LogP contribution in [0.4, 0.5) is 0 Å². The second-order valence-corrected chi connectivity index (χ2v) is 5.01. The summed E-state index contributed by atoms with van der Waals surface area (Å²) in [5.41, 5.74) is 1.38. The Kier molecular flexibility index (Phi) is 2.03. The van der Waals surface area contributed by atoms with Gasteiger partial charge >= 0.3 is 0 Å². The monoisotopic (exact) mass is 207 g/mol. The minimum absolute atomic E-state index is 0.831. The number of fused-ring (bicyclic) bond motifs is 1. The van der Waals surface area contributed by atoms with Gasteiger partial charge in [-0.2, -0.15) is 0 Å². The van der Waals surface area contributed by atoms with E-state index in [-0.39, 0.29) is 0 Å². The largest absolute Gasteiger partial charge is 0.299 e. The van der Waals surface area contributed by atoms with Crippen LogP contribution >= 0.6 is 11.6 Å². The molecule has 1 saturated heterocycles. The first-order valence-electron chi connectivity index (χ1n) is 5.28. The molecule has 0 amide bonds. The van der Waals surface area contributed by atoms with E-state index < -0.39 is 0 Å². The van der Waals surface area contributed by atoms with Gasteiger partial charge in [-0.3, -0.25) is 4.90 Å². The van der Waals surface area contributed by atoms with Crippen molar-refractivity contribution in [2.24, 2.45) is 11.8 Å². The lowest BCUT2D eigenvalue weighted by Gasteiger charge is -2.17. The lowest BCUT2D eigenvalue weighted by molar-refractivity contribution is 0.297.